The van der Waals surface area contributed by atoms with Crippen LogP contribution in [0.1, 0.15) is 11.3 Å². The van der Waals surface area contributed by atoms with E-state index in [0.29, 0.717) is 11.8 Å². The molecule has 3 aromatic heterocycles. The fraction of sp³-hybridized carbons (Fsp3) is 0.0769. The van der Waals surface area contributed by atoms with Crippen LogP contribution in [0.25, 0.3) is 10.8 Å². The third-order valence-electron chi connectivity index (χ3n) is 2.79. The van der Waals surface area contributed by atoms with Gasteiger partial charge in [-0.05, 0) is 23.8 Å². The first kappa shape index (κ1) is 10.6. The number of H-pyrrole nitrogens is 1. The first-order chi connectivity index (χ1) is 8.84. The summed E-state index contributed by atoms with van der Waals surface area (Å²) in [6.45, 7) is 0. The molecule has 0 radical (unpaired) electrons. The van der Waals surface area contributed by atoms with Crippen LogP contribution in [0, 0.1) is 0 Å². The molecule has 0 saturated carbocycles. The molecule has 0 aliphatic carbocycles. The highest BCUT2D eigenvalue weighted by Crippen LogP contribution is 2.14. The molecule has 18 heavy (non-hydrogen) atoms. The average Bonchev–Trinajstić information content (AvgIpc) is 2.44. The summed E-state index contributed by atoms with van der Waals surface area (Å²) in [7, 11) is 0. The number of aromatic amines is 1. The Morgan fingerprint density at radius 1 is 1.00 bits per heavy atom. The van der Waals surface area contributed by atoms with E-state index in [1.54, 1.807) is 24.8 Å². The SMILES string of the molecule is O=c1[nH]nc(Cc2ccncc2)c2ccncc12. The van der Waals surface area contributed by atoms with Crippen LogP contribution in [-0.4, -0.2) is 20.2 Å². The molecule has 0 atom stereocenters. The van der Waals surface area contributed by atoms with Crippen molar-refractivity contribution >= 4 is 10.8 Å². The first-order valence-corrected chi connectivity index (χ1v) is 5.55. The van der Waals surface area contributed by atoms with Crippen LogP contribution < -0.4 is 5.56 Å². The number of aromatic nitrogens is 4. The summed E-state index contributed by atoms with van der Waals surface area (Å²) in [6.07, 6.45) is 7.36. The predicted octanol–water partition coefficient (Wildman–Crippen LogP) is 1.30. The number of pyridine rings is 2. The predicted molar refractivity (Wildman–Crippen MR) is 67.2 cm³/mol. The van der Waals surface area contributed by atoms with Crippen molar-refractivity contribution in [2.45, 2.75) is 6.42 Å². The molecule has 0 fully saturated rings. The highest BCUT2D eigenvalue weighted by molar-refractivity contribution is 5.82. The normalized spacial score (nSPS) is 10.7. The second-order valence-electron chi connectivity index (χ2n) is 3.95. The second kappa shape index (κ2) is 4.37. The third-order valence-corrected chi connectivity index (χ3v) is 2.79. The highest BCUT2D eigenvalue weighted by atomic mass is 16.1. The molecule has 5 heteroatoms. The smallest absolute Gasteiger partial charge is 0.267 e. The Labute approximate surface area is 103 Å². The van der Waals surface area contributed by atoms with Gasteiger partial charge < -0.3 is 0 Å². The summed E-state index contributed by atoms with van der Waals surface area (Å²) in [5.74, 6) is 0. The van der Waals surface area contributed by atoms with Crippen LogP contribution in [0.15, 0.2) is 47.8 Å². The van der Waals surface area contributed by atoms with E-state index < -0.39 is 0 Å². The van der Waals surface area contributed by atoms with E-state index in [9.17, 15) is 4.79 Å². The van der Waals surface area contributed by atoms with Gasteiger partial charge >= 0.3 is 0 Å². The molecule has 0 amide bonds. The van der Waals surface area contributed by atoms with Gasteiger partial charge in [0.1, 0.15) is 0 Å². The minimum Gasteiger partial charge on any atom is -0.267 e. The lowest BCUT2D eigenvalue weighted by molar-refractivity contribution is 0.931. The lowest BCUT2D eigenvalue weighted by atomic mass is 10.1. The Morgan fingerprint density at radius 3 is 2.61 bits per heavy atom. The maximum absolute atomic E-state index is 11.6. The number of rotatable bonds is 2. The van der Waals surface area contributed by atoms with Gasteiger partial charge in [0.05, 0.1) is 11.1 Å². The number of nitrogens with one attached hydrogen (secondary N) is 1. The number of hydrogen-bond donors (Lipinski definition) is 1. The third kappa shape index (κ3) is 1.86. The van der Waals surface area contributed by atoms with Crippen molar-refractivity contribution < 1.29 is 0 Å². The Morgan fingerprint density at radius 2 is 1.78 bits per heavy atom. The van der Waals surface area contributed by atoms with Gasteiger partial charge in [-0.25, -0.2) is 5.10 Å². The molecule has 0 unspecified atom stereocenters. The van der Waals surface area contributed by atoms with E-state index in [4.69, 9.17) is 0 Å². The molecule has 0 bridgehead atoms. The summed E-state index contributed by atoms with van der Waals surface area (Å²) < 4.78 is 0. The molecule has 3 heterocycles. The molecule has 88 valence electrons. The number of hydrogen-bond acceptors (Lipinski definition) is 4. The minimum atomic E-state index is -0.212. The van der Waals surface area contributed by atoms with Gasteiger partial charge in [0, 0.05) is 36.6 Å². The largest absolute Gasteiger partial charge is 0.273 e. The Hall–Kier alpha value is -2.56. The maximum Gasteiger partial charge on any atom is 0.273 e. The Bertz CT molecular complexity index is 737. The Kier molecular flexibility index (Phi) is 2.57. The summed E-state index contributed by atoms with van der Waals surface area (Å²) in [6, 6.07) is 5.67. The van der Waals surface area contributed by atoms with Crippen molar-refractivity contribution in [3.05, 3.63) is 64.6 Å². The zero-order valence-corrected chi connectivity index (χ0v) is 9.50. The van der Waals surface area contributed by atoms with Gasteiger partial charge in [-0.15, -0.1) is 0 Å². The van der Waals surface area contributed by atoms with Gasteiger partial charge in [0.2, 0.25) is 0 Å². The van der Waals surface area contributed by atoms with Gasteiger partial charge in [-0.2, -0.15) is 5.10 Å². The van der Waals surface area contributed by atoms with Crippen LogP contribution in [-0.2, 0) is 6.42 Å². The molecule has 0 aliphatic heterocycles. The molecule has 0 saturated heterocycles. The maximum atomic E-state index is 11.6. The van der Waals surface area contributed by atoms with Crippen LogP contribution in [0.5, 0.6) is 0 Å². The summed E-state index contributed by atoms with van der Waals surface area (Å²) in [5, 5.41) is 8.02. The quantitative estimate of drug-likeness (QED) is 0.730. The fourth-order valence-electron chi connectivity index (χ4n) is 1.89. The molecule has 0 spiro atoms. The molecule has 3 aromatic rings. The van der Waals surface area contributed by atoms with E-state index in [1.807, 2.05) is 18.2 Å². The van der Waals surface area contributed by atoms with Crippen molar-refractivity contribution in [1.29, 1.82) is 0 Å². The van der Waals surface area contributed by atoms with Crippen molar-refractivity contribution in [3.8, 4) is 0 Å². The van der Waals surface area contributed by atoms with E-state index in [1.165, 1.54) is 0 Å². The first-order valence-electron chi connectivity index (χ1n) is 5.55. The molecule has 5 nitrogen and oxygen atoms in total. The van der Waals surface area contributed by atoms with Crippen molar-refractivity contribution in [2.75, 3.05) is 0 Å². The van der Waals surface area contributed by atoms with Crippen LogP contribution in [0.3, 0.4) is 0 Å². The summed E-state index contributed by atoms with van der Waals surface area (Å²) in [5.41, 5.74) is 1.72. The molecule has 0 aliphatic rings. The van der Waals surface area contributed by atoms with Crippen LogP contribution in [0.4, 0.5) is 0 Å². The van der Waals surface area contributed by atoms with Gasteiger partial charge in [-0.1, -0.05) is 0 Å². The fourth-order valence-corrected chi connectivity index (χ4v) is 1.89. The monoisotopic (exact) mass is 238 g/mol. The van der Waals surface area contributed by atoms with Crippen LogP contribution in [0.2, 0.25) is 0 Å². The topological polar surface area (TPSA) is 71.5 Å². The van der Waals surface area contributed by atoms with Gasteiger partial charge in [-0.3, -0.25) is 14.8 Å². The lowest BCUT2D eigenvalue weighted by Crippen LogP contribution is -2.11. The zero-order chi connectivity index (χ0) is 12.4. The number of nitrogens with zero attached hydrogens (tertiary/aromatic N) is 3. The van der Waals surface area contributed by atoms with Gasteiger partial charge in [0.25, 0.3) is 5.56 Å². The minimum absolute atomic E-state index is 0.212. The van der Waals surface area contributed by atoms with Crippen LogP contribution >= 0.6 is 0 Å². The Balaban J connectivity index is 2.13. The zero-order valence-electron chi connectivity index (χ0n) is 9.50. The lowest BCUT2D eigenvalue weighted by Gasteiger charge is -2.04. The molecule has 1 N–H and O–H groups in total. The highest BCUT2D eigenvalue weighted by Gasteiger charge is 2.06. The average molecular weight is 238 g/mol. The molecule has 3 rings (SSSR count). The summed E-state index contributed by atoms with van der Waals surface area (Å²) >= 11 is 0. The standard InChI is InChI=1S/C13H10N4O/c18-13-11-8-15-6-3-10(11)12(16-17-13)7-9-1-4-14-5-2-9/h1-6,8H,7H2,(H,17,18). The summed E-state index contributed by atoms with van der Waals surface area (Å²) in [4.78, 5) is 19.6. The molecular weight excluding hydrogens is 228 g/mol. The van der Waals surface area contributed by atoms with Crippen molar-refractivity contribution in [1.82, 2.24) is 20.2 Å². The van der Waals surface area contributed by atoms with Crippen molar-refractivity contribution in [2.24, 2.45) is 0 Å². The van der Waals surface area contributed by atoms with Crippen molar-refractivity contribution in [3.63, 3.8) is 0 Å². The van der Waals surface area contributed by atoms with Gasteiger partial charge in [0.15, 0.2) is 0 Å². The van der Waals surface area contributed by atoms with E-state index in [2.05, 4.69) is 20.2 Å². The second-order valence-corrected chi connectivity index (χ2v) is 3.95. The molecular formula is C13H10N4O. The van der Waals surface area contributed by atoms with E-state index in [0.717, 1.165) is 16.6 Å². The molecule has 0 aromatic carbocycles. The van der Waals surface area contributed by atoms with E-state index in [-0.39, 0.29) is 5.56 Å². The van der Waals surface area contributed by atoms with E-state index >= 15 is 0 Å². The number of fused-ring (bicyclic) bond motifs is 1.